The van der Waals surface area contributed by atoms with Crippen molar-refractivity contribution < 1.29 is 9.53 Å². The van der Waals surface area contributed by atoms with Crippen molar-refractivity contribution in [3.63, 3.8) is 0 Å². The monoisotopic (exact) mass is 212 g/mol. The van der Waals surface area contributed by atoms with Gasteiger partial charge in [0, 0.05) is 0 Å². The molecule has 0 amide bonds. The van der Waals surface area contributed by atoms with Gasteiger partial charge < -0.3 is 4.74 Å². The van der Waals surface area contributed by atoms with Gasteiger partial charge in [0.25, 0.3) is 0 Å². The Bertz CT molecular complexity index is 201. The highest BCUT2D eigenvalue weighted by Crippen LogP contribution is 2.36. The molecule has 88 valence electrons. The molecule has 0 saturated heterocycles. The van der Waals surface area contributed by atoms with Gasteiger partial charge in [-0.25, -0.2) is 0 Å². The van der Waals surface area contributed by atoms with Crippen LogP contribution >= 0.6 is 0 Å². The van der Waals surface area contributed by atoms with E-state index in [4.69, 9.17) is 4.74 Å². The van der Waals surface area contributed by atoms with Gasteiger partial charge in [-0.2, -0.15) is 0 Å². The number of hydrogen-bond acceptors (Lipinski definition) is 2. The van der Waals surface area contributed by atoms with E-state index in [1.54, 1.807) is 0 Å². The number of carbonyl (C=O) groups excluding carboxylic acids is 1. The van der Waals surface area contributed by atoms with Gasteiger partial charge in [-0.3, -0.25) is 4.79 Å². The standard InChI is InChI=1S/C13H24O2/c1-4-6-11-8-7-10(3)12(9-11)13(14)15-5-2/h10-12H,4-9H2,1-3H3. The Morgan fingerprint density at radius 3 is 2.67 bits per heavy atom. The summed E-state index contributed by atoms with van der Waals surface area (Å²) in [7, 11) is 0. The van der Waals surface area contributed by atoms with E-state index >= 15 is 0 Å². The first-order valence-corrected chi connectivity index (χ1v) is 6.35. The molecule has 1 rings (SSSR count). The summed E-state index contributed by atoms with van der Waals surface area (Å²) in [5.41, 5.74) is 0. The molecule has 0 aromatic carbocycles. The lowest BCUT2D eigenvalue weighted by atomic mass is 9.73. The molecule has 1 fully saturated rings. The van der Waals surface area contributed by atoms with Gasteiger partial charge in [0.1, 0.15) is 0 Å². The van der Waals surface area contributed by atoms with Crippen LogP contribution in [0.3, 0.4) is 0 Å². The average Bonchev–Trinajstić information content (AvgIpc) is 2.21. The van der Waals surface area contributed by atoms with Crippen molar-refractivity contribution in [3.8, 4) is 0 Å². The normalized spacial score (nSPS) is 31.3. The van der Waals surface area contributed by atoms with Crippen LogP contribution in [0.15, 0.2) is 0 Å². The van der Waals surface area contributed by atoms with E-state index in [9.17, 15) is 4.79 Å². The summed E-state index contributed by atoms with van der Waals surface area (Å²) in [6.07, 6.45) is 6.03. The summed E-state index contributed by atoms with van der Waals surface area (Å²) in [5, 5.41) is 0. The van der Waals surface area contributed by atoms with Crippen LogP contribution in [0.25, 0.3) is 0 Å². The van der Waals surface area contributed by atoms with Crippen LogP contribution in [-0.2, 0) is 9.53 Å². The second kappa shape index (κ2) is 6.14. The maximum Gasteiger partial charge on any atom is 0.309 e. The topological polar surface area (TPSA) is 26.3 Å². The van der Waals surface area contributed by atoms with Gasteiger partial charge in [0.05, 0.1) is 12.5 Å². The van der Waals surface area contributed by atoms with Crippen molar-refractivity contribution in [1.82, 2.24) is 0 Å². The fraction of sp³-hybridized carbons (Fsp3) is 0.923. The molecule has 0 radical (unpaired) electrons. The van der Waals surface area contributed by atoms with E-state index in [1.807, 2.05) is 6.92 Å². The molecule has 2 nitrogen and oxygen atoms in total. The molecule has 3 atom stereocenters. The van der Waals surface area contributed by atoms with Crippen molar-refractivity contribution in [2.24, 2.45) is 17.8 Å². The third kappa shape index (κ3) is 3.51. The zero-order chi connectivity index (χ0) is 11.3. The van der Waals surface area contributed by atoms with E-state index < -0.39 is 0 Å². The molecule has 2 heteroatoms. The van der Waals surface area contributed by atoms with Gasteiger partial charge in [0.15, 0.2) is 0 Å². The van der Waals surface area contributed by atoms with E-state index in [0.717, 1.165) is 12.3 Å². The van der Waals surface area contributed by atoms with E-state index in [2.05, 4.69) is 13.8 Å². The molecule has 0 N–H and O–H groups in total. The minimum Gasteiger partial charge on any atom is -0.466 e. The first-order chi connectivity index (χ1) is 7.19. The van der Waals surface area contributed by atoms with Gasteiger partial charge >= 0.3 is 5.97 Å². The third-order valence-electron chi connectivity index (χ3n) is 3.59. The van der Waals surface area contributed by atoms with Crippen LogP contribution in [-0.4, -0.2) is 12.6 Å². The molecule has 0 bridgehead atoms. The predicted octanol–water partition coefficient (Wildman–Crippen LogP) is 3.40. The molecule has 3 unspecified atom stereocenters. The first-order valence-electron chi connectivity index (χ1n) is 6.35. The zero-order valence-corrected chi connectivity index (χ0v) is 10.3. The summed E-state index contributed by atoms with van der Waals surface area (Å²) in [6, 6.07) is 0. The van der Waals surface area contributed by atoms with Gasteiger partial charge in [-0.05, 0) is 31.6 Å². The van der Waals surface area contributed by atoms with Gasteiger partial charge in [-0.15, -0.1) is 0 Å². The molecular formula is C13H24O2. The SMILES string of the molecule is CCCC1CCC(C)C(C(=O)OCC)C1. The molecule has 0 aromatic heterocycles. The van der Waals surface area contributed by atoms with Gasteiger partial charge in [-0.1, -0.05) is 33.1 Å². The fourth-order valence-electron chi connectivity index (χ4n) is 2.66. The molecule has 0 spiro atoms. The van der Waals surface area contributed by atoms with E-state index in [0.29, 0.717) is 12.5 Å². The van der Waals surface area contributed by atoms with Crippen molar-refractivity contribution in [3.05, 3.63) is 0 Å². The second-order valence-corrected chi connectivity index (χ2v) is 4.80. The number of carbonyl (C=O) groups is 1. The Labute approximate surface area is 93.4 Å². The van der Waals surface area contributed by atoms with Crippen molar-refractivity contribution in [2.75, 3.05) is 6.61 Å². The molecule has 1 aliphatic carbocycles. The number of esters is 1. The average molecular weight is 212 g/mol. The van der Waals surface area contributed by atoms with Crippen molar-refractivity contribution in [1.29, 1.82) is 0 Å². The molecule has 15 heavy (non-hydrogen) atoms. The van der Waals surface area contributed by atoms with Crippen LogP contribution in [0.1, 0.15) is 52.9 Å². The van der Waals surface area contributed by atoms with E-state index in [1.165, 1.54) is 25.7 Å². The Balaban J connectivity index is 2.49. The summed E-state index contributed by atoms with van der Waals surface area (Å²) in [5.74, 6) is 1.46. The molecule has 0 heterocycles. The lowest BCUT2D eigenvalue weighted by Crippen LogP contribution is -2.31. The Morgan fingerprint density at radius 2 is 2.07 bits per heavy atom. The third-order valence-corrected chi connectivity index (χ3v) is 3.59. The zero-order valence-electron chi connectivity index (χ0n) is 10.3. The summed E-state index contributed by atoms with van der Waals surface area (Å²) < 4.78 is 5.14. The quantitative estimate of drug-likeness (QED) is 0.668. The highest BCUT2D eigenvalue weighted by atomic mass is 16.5. The Hall–Kier alpha value is -0.530. The van der Waals surface area contributed by atoms with Crippen LogP contribution < -0.4 is 0 Å². The molecule has 0 aromatic rings. The van der Waals surface area contributed by atoms with Crippen LogP contribution in [0.4, 0.5) is 0 Å². The van der Waals surface area contributed by atoms with Crippen LogP contribution in [0, 0.1) is 17.8 Å². The summed E-state index contributed by atoms with van der Waals surface area (Å²) >= 11 is 0. The minimum absolute atomic E-state index is 0.0332. The van der Waals surface area contributed by atoms with E-state index in [-0.39, 0.29) is 11.9 Å². The lowest BCUT2D eigenvalue weighted by molar-refractivity contribution is -0.151. The maximum atomic E-state index is 11.7. The predicted molar refractivity (Wildman–Crippen MR) is 61.5 cm³/mol. The number of hydrogen-bond donors (Lipinski definition) is 0. The smallest absolute Gasteiger partial charge is 0.309 e. The molecule has 0 aliphatic heterocycles. The second-order valence-electron chi connectivity index (χ2n) is 4.80. The maximum absolute atomic E-state index is 11.7. The fourth-order valence-corrected chi connectivity index (χ4v) is 2.66. The molecular weight excluding hydrogens is 188 g/mol. The van der Waals surface area contributed by atoms with Crippen molar-refractivity contribution >= 4 is 5.97 Å². The Kier molecular flexibility index (Phi) is 5.13. The summed E-state index contributed by atoms with van der Waals surface area (Å²) in [6.45, 7) is 6.80. The number of rotatable bonds is 4. The van der Waals surface area contributed by atoms with Crippen LogP contribution in [0.2, 0.25) is 0 Å². The largest absolute Gasteiger partial charge is 0.466 e. The molecule has 1 aliphatic rings. The Morgan fingerprint density at radius 1 is 1.33 bits per heavy atom. The lowest BCUT2D eigenvalue weighted by Gasteiger charge is -2.32. The highest BCUT2D eigenvalue weighted by Gasteiger charge is 2.33. The molecule has 1 saturated carbocycles. The van der Waals surface area contributed by atoms with Crippen LogP contribution in [0.5, 0.6) is 0 Å². The number of ether oxygens (including phenoxy) is 1. The van der Waals surface area contributed by atoms with Gasteiger partial charge in [0.2, 0.25) is 0 Å². The highest BCUT2D eigenvalue weighted by molar-refractivity contribution is 5.72. The van der Waals surface area contributed by atoms with Crippen molar-refractivity contribution in [2.45, 2.75) is 52.9 Å². The minimum atomic E-state index is 0.0332. The first kappa shape index (κ1) is 12.5. The summed E-state index contributed by atoms with van der Waals surface area (Å²) in [4.78, 5) is 11.7.